The Balaban J connectivity index is 1.57. The van der Waals surface area contributed by atoms with E-state index in [-0.39, 0.29) is 17.5 Å². The highest BCUT2D eigenvalue weighted by Gasteiger charge is 2.16. The number of nitrogens with one attached hydrogen (secondary N) is 1. The second-order valence-electron chi connectivity index (χ2n) is 6.71. The van der Waals surface area contributed by atoms with Crippen molar-refractivity contribution >= 4 is 16.9 Å². The van der Waals surface area contributed by atoms with Gasteiger partial charge in [0.15, 0.2) is 5.76 Å². The van der Waals surface area contributed by atoms with Crippen LogP contribution >= 0.6 is 0 Å². The van der Waals surface area contributed by atoms with Crippen LogP contribution in [0, 0.1) is 6.92 Å². The molecule has 1 aromatic carbocycles. The Morgan fingerprint density at radius 2 is 1.97 bits per heavy atom. The van der Waals surface area contributed by atoms with Gasteiger partial charge in [-0.3, -0.25) is 9.59 Å². The van der Waals surface area contributed by atoms with E-state index in [9.17, 15) is 9.59 Å². The number of hydrogen-bond donors (Lipinski definition) is 1. The Morgan fingerprint density at radius 3 is 2.72 bits per heavy atom. The number of hydrogen-bond acceptors (Lipinski definition) is 5. The van der Waals surface area contributed by atoms with Gasteiger partial charge in [0.2, 0.25) is 5.43 Å². The summed E-state index contributed by atoms with van der Waals surface area (Å²) in [5.74, 6) is 0.166. The van der Waals surface area contributed by atoms with Crippen LogP contribution in [0.2, 0.25) is 0 Å². The molecule has 0 saturated carbocycles. The van der Waals surface area contributed by atoms with E-state index in [2.05, 4.69) is 15.5 Å². The summed E-state index contributed by atoms with van der Waals surface area (Å²) in [6.45, 7) is 4.56. The van der Waals surface area contributed by atoms with Crippen LogP contribution < -0.4 is 10.7 Å². The minimum Gasteiger partial charge on any atom is -0.356 e. The molecule has 7 nitrogen and oxygen atoms in total. The first-order valence-corrected chi connectivity index (χ1v) is 9.37. The van der Waals surface area contributed by atoms with Crippen molar-refractivity contribution in [3.05, 3.63) is 81.9 Å². The molecule has 1 amide bonds. The largest absolute Gasteiger partial charge is 0.356 e. The number of carbonyl (C=O) groups is 1. The zero-order chi connectivity index (χ0) is 20.4. The molecule has 0 aliphatic rings. The minimum atomic E-state index is -0.455. The quantitative estimate of drug-likeness (QED) is 0.566. The van der Waals surface area contributed by atoms with Crippen LogP contribution in [0.1, 0.15) is 28.7 Å². The van der Waals surface area contributed by atoms with Crippen LogP contribution in [0.3, 0.4) is 0 Å². The van der Waals surface area contributed by atoms with Crippen LogP contribution in [0.25, 0.3) is 22.4 Å². The molecule has 3 heterocycles. The van der Waals surface area contributed by atoms with Gasteiger partial charge in [-0.05, 0) is 26.0 Å². The predicted octanol–water partition coefficient (Wildman–Crippen LogP) is 3.31. The maximum absolute atomic E-state index is 12.8. The molecule has 0 spiro atoms. The Labute approximate surface area is 167 Å². The molecule has 3 aromatic heterocycles. The van der Waals surface area contributed by atoms with Gasteiger partial charge in [0.1, 0.15) is 16.9 Å². The number of pyridine rings is 2. The Bertz CT molecular complexity index is 1240. The molecule has 0 fully saturated rings. The molecule has 0 bridgehead atoms. The number of amides is 1. The predicted molar refractivity (Wildman–Crippen MR) is 110 cm³/mol. The first-order chi connectivity index (χ1) is 14.1. The van der Waals surface area contributed by atoms with Crippen LogP contribution in [0.15, 0.2) is 64.0 Å². The molecule has 0 atom stereocenters. The first kappa shape index (κ1) is 18.6. The fraction of sp³-hybridized carbons (Fsp3) is 0.182. The van der Waals surface area contributed by atoms with Crippen molar-refractivity contribution in [3.63, 3.8) is 0 Å². The standard InChI is InChI=1S/C22H20N4O3/c1-3-26-13-18(20(27)17-10-9-14(2)24-21(17)26)22(28)23-12-16-11-19(29-25-16)15-7-5-4-6-8-15/h4-11,13H,3,12H2,1-2H3,(H,23,28). The number of rotatable bonds is 5. The molecule has 4 aromatic rings. The van der Waals surface area contributed by atoms with Crippen molar-refractivity contribution in [3.8, 4) is 11.3 Å². The molecule has 146 valence electrons. The SMILES string of the molecule is CCn1cc(C(=O)NCc2cc(-c3ccccc3)on2)c(=O)c2ccc(C)nc21. The average Bonchev–Trinajstić information content (AvgIpc) is 3.22. The van der Waals surface area contributed by atoms with Crippen molar-refractivity contribution in [2.45, 2.75) is 26.9 Å². The normalized spacial score (nSPS) is 11.0. The van der Waals surface area contributed by atoms with E-state index in [1.807, 2.05) is 48.7 Å². The number of aromatic nitrogens is 3. The third-order valence-corrected chi connectivity index (χ3v) is 4.69. The van der Waals surface area contributed by atoms with Crippen molar-refractivity contribution in [1.82, 2.24) is 20.0 Å². The lowest BCUT2D eigenvalue weighted by Crippen LogP contribution is -2.29. The molecule has 0 aliphatic carbocycles. The summed E-state index contributed by atoms with van der Waals surface area (Å²) in [6, 6.07) is 14.8. The van der Waals surface area contributed by atoms with E-state index in [4.69, 9.17) is 4.52 Å². The molecule has 4 rings (SSSR count). The maximum atomic E-state index is 12.8. The summed E-state index contributed by atoms with van der Waals surface area (Å²) >= 11 is 0. The fourth-order valence-corrected chi connectivity index (χ4v) is 3.16. The van der Waals surface area contributed by atoms with E-state index < -0.39 is 5.91 Å². The highest BCUT2D eigenvalue weighted by Crippen LogP contribution is 2.19. The molecule has 0 saturated heterocycles. The fourth-order valence-electron chi connectivity index (χ4n) is 3.16. The lowest BCUT2D eigenvalue weighted by molar-refractivity contribution is 0.0948. The van der Waals surface area contributed by atoms with E-state index in [1.165, 1.54) is 0 Å². The topological polar surface area (TPSA) is 90.0 Å². The summed E-state index contributed by atoms with van der Waals surface area (Å²) in [7, 11) is 0. The highest BCUT2D eigenvalue weighted by molar-refractivity contribution is 5.96. The summed E-state index contributed by atoms with van der Waals surface area (Å²) in [5, 5.41) is 7.17. The number of nitrogens with zero attached hydrogens (tertiary/aromatic N) is 3. The van der Waals surface area contributed by atoms with Gasteiger partial charge < -0.3 is 14.4 Å². The van der Waals surface area contributed by atoms with Crippen LogP contribution in [0.5, 0.6) is 0 Å². The van der Waals surface area contributed by atoms with Gasteiger partial charge in [-0.2, -0.15) is 0 Å². The maximum Gasteiger partial charge on any atom is 0.257 e. The number of benzene rings is 1. The molecule has 0 radical (unpaired) electrons. The average molecular weight is 388 g/mol. The smallest absolute Gasteiger partial charge is 0.257 e. The zero-order valence-corrected chi connectivity index (χ0v) is 16.2. The summed E-state index contributed by atoms with van der Waals surface area (Å²) in [6.07, 6.45) is 1.56. The van der Waals surface area contributed by atoms with Gasteiger partial charge in [0.05, 0.1) is 11.9 Å². The minimum absolute atomic E-state index is 0.0804. The molecular weight excluding hydrogens is 368 g/mol. The number of carbonyl (C=O) groups excluding carboxylic acids is 1. The second kappa shape index (κ2) is 7.71. The van der Waals surface area contributed by atoms with Crippen LogP contribution in [-0.2, 0) is 13.1 Å². The number of fused-ring (bicyclic) bond motifs is 1. The molecule has 29 heavy (non-hydrogen) atoms. The molecule has 1 N–H and O–H groups in total. The van der Waals surface area contributed by atoms with Crippen LogP contribution in [0.4, 0.5) is 0 Å². The van der Waals surface area contributed by atoms with Gasteiger partial charge in [0.25, 0.3) is 5.91 Å². The van der Waals surface area contributed by atoms with Gasteiger partial charge in [-0.1, -0.05) is 35.5 Å². The third kappa shape index (κ3) is 3.67. The highest BCUT2D eigenvalue weighted by atomic mass is 16.5. The van der Waals surface area contributed by atoms with Gasteiger partial charge in [-0.25, -0.2) is 4.98 Å². The first-order valence-electron chi connectivity index (χ1n) is 9.37. The van der Waals surface area contributed by atoms with Crippen molar-refractivity contribution in [1.29, 1.82) is 0 Å². The Morgan fingerprint density at radius 1 is 1.17 bits per heavy atom. The monoisotopic (exact) mass is 388 g/mol. The van der Waals surface area contributed by atoms with Crippen molar-refractivity contribution < 1.29 is 9.32 Å². The van der Waals surface area contributed by atoms with E-state index in [0.717, 1.165) is 11.3 Å². The Hall–Kier alpha value is -3.74. The lowest BCUT2D eigenvalue weighted by Gasteiger charge is -2.11. The summed E-state index contributed by atoms with van der Waals surface area (Å²) in [4.78, 5) is 29.9. The van der Waals surface area contributed by atoms with Gasteiger partial charge in [-0.15, -0.1) is 0 Å². The third-order valence-electron chi connectivity index (χ3n) is 4.69. The van der Waals surface area contributed by atoms with E-state index in [1.54, 1.807) is 24.4 Å². The number of aryl methyl sites for hydroxylation is 2. The van der Waals surface area contributed by atoms with Crippen molar-refractivity contribution in [2.75, 3.05) is 0 Å². The molecule has 0 unspecified atom stereocenters. The summed E-state index contributed by atoms with van der Waals surface area (Å²) < 4.78 is 7.15. The van der Waals surface area contributed by atoms with Crippen molar-refractivity contribution in [2.24, 2.45) is 0 Å². The molecule has 7 heteroatoms. The van der Waals surface area contributed by atoms with E-state index >= 15 is 0 Å². The summed E-state index contributed by atoms with van der Waals surface area (Å²) in [5.41, 5.74) is 2.62. The Kier molecular flexibility index (Phi) is 4.95. The molecule has 0 aliphatic heterocycles. The van der Waals surface area contributed by atoms with Crippen LogP contribution in [-0.4, -0.2) is 20.6 Å². The van der Waals surface area contributed by atoms with Gasteiger partial charge in [0, 0.05) is 30.1 Å². The van der Waals surface area contributed by atoms with Gasteiger partial charge >= 0.3 is 0 Å². The second-order valence-corrected chi connectivity index (χ2v) is 6.71. The lowest BCUT2D eigenvalue weighted by atomic mass is 10.1. The molecular formula is C22H20N4O3. The van der Waals surface area contributed by atoms with E-state index in [0.29, 0.717) is 29.0 Å². The zero-order valence-electron chi connectivity index (χ0n) is 16.2.